The van der Waals surface area contributed by atoms with Crippen LogP contribution in [-0.2, 0) is 20.7 Å². The zero-order valence-electron chi connectivity index (χ0n) is 16.2. The Balaban J connectivity index is 1.56. The van der Waals surface area contributed by atoms with Crippen LogP contribution in [0.25, 0.3) is 0 Å². The highest BCUT2D eigenvalue weighted by Crippen LogP contribution is 2.57. The highest BCUT2D eigenvalue weighted by molar-refractivity contribution is 9.09. The van der Waals surface area contributed by atoms with E-state index in [2.05, 4.69) is 58.4 Å². The first-order valence-electron chi connectivity index (χ1n) is 10.1. The van der Waals surface area contributed by atoms with Crippen molar-refractivity contribution in [2.75, 3.05) is 19.0 Å². The Bertz CT molecular complexity index is 630. The van der Waals surface area contributed by atoms with Crippen LogP contribution in [0.5, 0.6) is 0 Å². The molecule has 27 heavy (non-hydrogen) atoms. The predicted octanol–water partition coefficient (Wildman–Crippen LogP) is 5.33. The predicted molar refractivity (Wildman–Crippen MR) is 112 cm³/mol. The van der Waals surface area contributed by atoms with E-state index in [1.54, 1.807) is 0 Å². The van der Waals surface area contributed by atoms with Gasteiger partial charge in [-0.3, -0.25) is 4.79 Å². The summed E-state index contributed by atoms with van der Waals surface area (Å²) in [5.74, 6) is 1.17. The number of carbonyl (C=O) groups excluding carboxylic acids is 1. The van der Waals surface area contributed by atoms with Gasteiger partial charge in [0, 0.05) is 17.2 Å². The molecule has 3 rings (SSSR count). The number of alkyl halides is 1. The Labute approximate surface area is 171 Å². The first-order chi connectivity index (χ1) is 13.2. The minimum atomic E-state index is -0.118. The number of fused-ring (bicyclic) bond motifs is 2. The van der Waals surface area contributed by atoms with Gasteiger partial charge in [0.1, 0.15) is 0 Å². The topological polar surface area (TPSA) is 35.5 Å². The zero-order valence-corrected chi connectivity index (χ0v) is 17.8. The Morgan fingerprint density at radius 3 is 2.89 bits per heavy atom. The lowest BCUT2D eigenvalue weighted by molar-refractivity contribution is -0.140. The number of benzene rings is 1. The van der Waals surface area contributed by atoms with E-state index in [4.69, 9.17) is 9.47 Å². The third-order valence-electron chi connectivity index (χ3n) is 6.44. The SMILES string of the molecule is COC(=O)CCCC=CC[C@@H]1[C@@H](CBr)[C@H]2C[C@]1(CCc1ccccc1)CO2. The number of esters is 1. The summed E-state index contributed by atoms with van der Waals surface area (Å²) in [6.45, 7) is 0.912. The van der Waals surface area contributed by atoms with Gasteiger partial charge in [0.25, 0.3) is 0 Å². The molecule has 4 atom stereocenters. The Morgan fingerprint density at radius 2 is 2.15 bits per heavy atom. The van der Waals surface area contributed by atoms with E-state index in [9.17, 15) is 4.79 Å². The number of hydrogen-bond acceptors (Lipinski definition) is 3. The summed E-state index contributed by atoms with van der Waals surface area (Å²) in [5.41, 5.74) is 1.74. The number of aryl methyl sites for hydroxylation is 1. The van der Waals surface area contributed by atoms with E-state index in [0.717, 1.165) is 37.6 Å². The van der Waals surface area contributed by atoms with Crippen molar-refractivity contribution in [1.29, 1.82) is 0 Å². The number of unbranched alkanes of at least 4 members (excludes halogenated alkanes) is 1. The fourth-order valence-electron chi connectivity index (χ4n) is 4.89. The maximum Gasteiger partial charge on any atom is 0.305 e. The monoisotopic (exact) mass is 434 g/mol. The van der Waals surface area contributed by atoms with Gasteiger partial charge in [-0.2, -0.15) is 0 Å². The number of allylic oxidation sites excluding steroid dienone is 2. The molecule has 148 valence electrons. The highest BCUT2D eigenvalue weighted by atomic mass is 79.9. The summed E-state index contributed by atoms with van der Waals surface area (Å²) in [6.07, 6.45) is 12.0. The summed E-state index contributed by atoms with van der Waals surface area (Å²) < 4.78 is 10.9. The molecule has 1 aromatic carbocycles. The van der Waals surface area contributed by atoms with Crippen molar-refractivity contribution >= 4 is 21.9 Å². The van der Waals surface area contributed by atoms with Crippen LogP contribution >= 0.6 is 15.9 Å². The van der Waals surface area contributed by atoms with Crippen molar-refractivity contribution in [1.82, 2.24) is 0 Å². The van der Waals surface area contributed by atoms with E-state index in [1.807, 2.05) is 0 Å². The molecule has 2 fully saturated rings. The van der Waals surface area contributed by atoms with E-state index < -0.39 is 0 Å². The Morgan fingerprint density at radius 1 is 1.33 bits per heavy atom. The second kappa shape index (κ2) is 9.88. The van der Waals surface area contributed by atoms with Crippen molar-refractivity contribution in [2.45, 2.75) is 51.0 Å². The smallest absolute Gasteiger partial charge is 0.305 e. The van der Waals surface area contributed by atoms with Crippen LogP contribution in [0.2, 0.25) is 0 Å². The number of ether oxygens (including phenoxy) is 2. The van der Waals surface area contributed by atoms with Crippen LogP contribution < -0.4 is 0 Å². The lowest BCUT2D eigenvalue weighted by Gasteiger charge is -2.38. The Hall–Kier alpha value is -1.13. The molecule has 2 bridgehead atoms. The van der Waals surface area contributed by atoms with Gasteiger partial charge in [0.05, 0.1) is 19.8 Å². The molecule has 0 radical (unpaired) electrons. The van der Waals surface area contributed by atoms with Crippen molar-refractivity contribution in [2.24, 2.45) is 17.3 Å². The molecule has 2 aliphatic rings. The molecule has 0 aromatic heterocycles. The molecule has 1 aliphatic heterocycles. The van der Waals surface area contributed by atoms with Crippen LogP contribution in [-0.4, -0.2) is 31.1 Å². The van der Waals surface area contributed by atoms with Crippen molar-refractivity contribution < 1.29 is 14.3 Å². The molecule has 0 N–H and O–H groups in total. The molecule has 1 saturated carbocycles. The van der Waals surface area contributed by atoms with Gasteiger partial charge in [-0.25, -0.2) is 0 Å². The van der Waals surface area contributed by atoms with Crippen molar-refractivity contribution in [3.63, 3.8) is 0 Å². The second-order valence-electron chi connectivity index (χ2n) is 8.00. The molecule has 4 heteroatoms. The summed E-state index contributed by atoms with van der Waals surface area (Å²) in [5, 5.41) is 1.02. The van der Waals surface area contributed by atoms with Crippen molar-refractivity contribution in [3.8, 4) is 0 Å². The number of halogens is 1. The first kappa shape index (κ1) is 20.6. The van der Waals surface area contributed by atoms with Crippen LogP contribution in [0, 0.1) is 17.3 Å². The van der Waals surface area contributed by atoms with Gasteiger partial charge in [0.2, 0.25) is 0 Å². The summed E-state index contributed by atoms with van der Waals surface area (Å²) in [4.78, 5) is 11.2. The van der Waals surface area contributed by atoms with Crippen LogP contribution in [0.3, 0.4) is 0 Å². The molecule has 1 heterocycles. The molecule has 0 unspecified atom stereocenters. The zero-order chi connectivity index (χ0) is 19.1. The summed E-state index contributed by atoms with van der Waals surface area (Å²) >= 11 is 3.74. The van der Waals surface area contributed by atoms with E-state index in [1.165, 1.54) is 25.5 Å². The molecular weight excluding hydrogens is 404 g/mol. The van der Waals surface area contributed by atoms with Gasteiger partial charge < -0.3 is 9.47 Å². The highest BCUT2D eigenvalue weighted by Gasteiger charge is 2.57. The van der Waals surface area contributed by atoms with Gasteiger partial charge in [0.15, 0.2) is 0 Å². The normalized spacial score (nSPS) is 29.5. The maximum atomic E-state index is 11.2. The summed E-state index contributed by atoms with van der Waals surface area (Å²) in [7, 11) is 1.45. The number of methoxy groups -OCH3 is 1. The van der Waals surface area contributed by atoms with Crippen LogP contribution in [0.4, 0.5) is 0 Å². The average Bonchev–Trinajstić information content (AvgIpc) is 3.26. The Kier molecular flexibility index (Phi) is 7.54. The third kappa shape index (κ3) is 5.03. The van der Waals surface area contributed by atoms with Gasteiger partial charge in [-0.15, -0.1) is 0 Å². The number of carbonyl (C=O) groups is 1. The molecule has 1 saturated heterocycles. The number of rotatable bonds is 10. The fraction of sp³-hybridized carbons (Fsp3) is 0.609. The molecular formula is C23H31BrO3. The molecule has 1 aromatic rings. The minimum absolute atomic E-state index is 0.118. The summed E-state index contributed by atoms with van der Waals surface area (Å²) in [6, 6.07) is 10.8. The molecule has 1 aliphatic carbocycles. The average molecular weight is 435 g/mol. The molecule has 3 nitrogen and oxygen atoms in total. The van der Waals surface area contributed by atoms with E-state index in [-0.39, 0.29) is 5.97 Å². The number of hydrogen-bond donors (Lipinski definition) is 0. The maximum absolute atomic E-state index is 11.2. The quantitative estimate of drug-likeness (QED) is 0.216. The third-order valence-corrected chi connectivity index (χ3v) is 7.19. The molecule has 0 amide bonds. The molecule has 0 spiro atoms. The fourth-order valence-corrected chi connectivity index (χ4v) is 5.76. The van der Waals surface area contributed by atoms with Crippen LogP contribution in [0.15, 0.2) is 42.5 Å². The van der Waals surface area contributed by atoms with Crippen molar-refractivity contribution in [3.05, 3.63) is 48.0 Å². The largest absolute Gasteiger partial charge is 0.469 e. The lowest BCUT2D eigenvalue weighted by atomic mass is 9.70. The van der Waals surface area contributed by atoms with Gasteiger partial charge >= 0.3 is 5.97 Å². The first-order valence-corrected chi connectivity index (χ1v) is 11.2. The van der Waals surface area contributed by atoms with E-state index in [0.29, 0.717) is 29.8 Å². The van der Waals surface area contributed by atoms with Crippen LogP contribution in [0.1, 0.15) is 44.1 Å². The lowest BCUT2D eigenvalue weighted by Crippen LogP contribution is -2.37. The minimum Gasteiger partial charge on any atom is -0.469 e. The van der Waals surface area contributed by atoms with Gasteiger partial charge in [-0.1, -0.05) is 58.4 Å². The van der Waals surface area contributed by atoms with E-state index >= 15 is 0 Å². The van der Waals surface area contributed by atoms with Gasteiger partial charge in [-0.05, 0) is 55.9 Å². The standard InChI is InChI=1S/C23H31BrO3/c1-26-22(25)12-8-3-2-7-11-20-19(16-24)21-15-23(20,17-27-21)14-13-18-9-5-4-6-10-18/h2,4-7,9-10,19-21H,3,8,11-17H2,1H3/t19-,20-,21-,23-/m1/s1. The second-order valence-corrected chi connectivity index (χ2v) is 8.65.